The molecule has 2 rings (SSSR count). The lowest BCUT2D eigenvalue weighted by atomic mass is 10.1. The number of carbonyl (C=O) groups excluding carboxylic acids is 2. The summed E-state index contributed by atoms with van der Waals surface area (Å²) in [6.07, 6.45) is 0. The molecule has 5 nitrogen and oxygen atoms in total. The van der Waals surface area contributed by atoms with Crippen molar-refractivity contribution in [2.75, 3.05) is 29.6 Å². The fourth-order valence-electron chi connectivity index (χ4n) is 2.26. The second kappa shape index (κ2) is 7.95. The van der Waals surface area contributed by atoms with Crippen molar-refractivity contribution in [3.8, 4) is 0 Å². The predicted octanol–water partition coefficient (Wildman–Crippen LogP) is 3.88. The van der Waals surface area contributed by atoms with Crippen molar-refractivity contribution in [2.45, 2.75) is 13.8 Å². The quantitative estimate of drug-likeness (QED) is 0.850. The highest BCUT2D eigenvalue weighted by Gasteiger charge is 2.15. The van der Waals surface area contributed by atoms with Crippen LogP contribution in [0.1, 0.15) is 24.2 Å². The second-order valence-electron chi connectivity index (χ2n) is 6.36. The number of rotatable bonds is 5. The number of hydrogen-bond acceptors (Lipinski definition) is 3. The van der Waals surface area contributed by atoms with Crippen LogP contribution < -0.4 is 15.5 Å². The van der Waals surface area contributed by atoms with Gasteiger partial charge in [0.1, 0.15) is 5.69 Å². The lowest BCUT2D eigenvalue weighted by molar-refractivity contribution is -0.118. The van der Waals surface area contributed by atoms with E-state index >= 15 is 0 Å². The van der Waals surface area contributed by atoms with Crippen molar-refractivity contribution in [2.24, 2.45) is 5.92 Å². The summed E-state index contributed by atoms with van der Waals surface area (Å²) in [7, 11) is 3.05. The minimum absolute atomic E-state index is 0.0211. The molecule has 0 heterocycles. The van der Waals surface area contributed by atoms with Crippen molar-refractivity contribution in [1.82, 2.24) is 0 Å². The molecule has 0 fully saturated rings. The van der Waals surface area contributed by atoms with Gasteiger partial charge in [0.2, 0.25) is 5.91 Å². The van der Waals surface area contributed by atoms with Crippen LogP contribution in [-0.4, -0.2) is 25.9 Å². The van der Waals surface area contributed by atoms with E-state index < -0.39 is 17.5 Å². The van der Waals surface area contributed by atoms with Gasteiger partial charge in [-0.2, -0.15) is 0 Å². The van der Waals surface area contributed by atoms with Crippen molar-refractivity contribution in [3.05, 3.63) is 53.6 Å². The Morgan fingerprint density at radius 2 is 1.46 bits per heavy atom. The summed E-state index contributed by atoms with van der Waals surface area (Å²) < 4.78 is 28.0. The Labute approximate surface area is 151 Å². The molecule has 7 heteroatoms. The molecule has 0 spiro atoms. The molecule has 138 valence electrons. The molecule has 2 aromatic carbocycles. The van der Waals surface area contributed by atoms with Crippen molar-refractivity contribution in [3.63, 3.8) is 0 Å². The number of nitrogens with one attached hydrogen (secondary N) is 2. The summed E-state index contributed by atoms with van der Waals surface area (Å²) in [4.78, 5) is 25.2. The summed E-state index contributed by atoms with van der Waals surface area (Å²) in [6, 6.07) is 8.34. The topological polar surface area (TPSA) is 61.4 Å². The molecule has 0 aliphatic heterocycles. The van der Waals surface area contributed by atoms with Crippen LogP contribution in [0.25, 0.3) is 0 Å². The van der Waals surface area contributed by atoms with Crippen LogP contribution in [0.2, 0.25) is 0 Å². The van der Waals surface area contributed by atoms with E-state index in [4.69, 9.17) is 0 Å². The van der Waals surface area contributed by atoms with Gasteiger partial charge in [-0.25, -0.2) is 8.78 Å². The van der Waals surface area contributed by atoms with Gasteiger partial charge < -0.3 is 15.5 Å². The van der Waals surface area contributed by atoms with Crippen molar-refractivity contribution >= 4 is 28.9 Å². The largest absolute Gasteiger partial charge is 0.373 e. The number of anilines is 3. The van der Waals surface area contributed by atoms with Crippen LogP contribution in [-0.2, 0) is 4.79 Å². The van der Waals surface area contributed by atoms with E-state index in [1.165, 1.54) is 31.1 Å². The van der Waals surface area contributed by atoms with Gasteiger partial charge in [-0.15, -0.1) is 0 Å². The van der Waals surface area contributed by atoms with Gasteiger partial charge in [-0.3, -0.25) is 9.59 Å². The maximum Gasteiger partial charge on any atom is 0.255 e. The lowest BCUT2D eigenvalue weighted by Crippen LogP contribution is -2.18. The van der Waals surface area contributed by atoms with E-state index in [1.54, 1.807) is 26.0 Å². The first-order valence-electron chi connectivity index (χ1n) is 8.07. The fraction of sp³-hybridized carbons (Fsp3) is 0.263. The molecular weight excluding hydrogens is 340 g/mol. The molecule has 0 radical (unpaired) electrons. The number of hydrogen-bond donors (Lipinski definition) is 2. The van der Waals surface area contributed by atoms with Crippen molar-refractivity contribution < 1.29 is 18.4 Å². The molecule has 26 heavy (non-hydrogen) atoms. The minimum Gasteiger partial charge on any atom is -0.373 e. The Kier molecular flexibility index (Phi) is 5.92. The van der Waals surface area contributed by atoms with Gasteiger partial charge in [-0.1, -0.05) is 13.8 Å². The Morgan fingerprint density at radius 3 is 1.92 bits per heavy atom. The van der Waals surface area contributed by atoms with Crippen LogP contribution in [0.5, 0.6) is 0 Å². The normalized spacial score (nSPS) is 10.6. The second-order valence-corrected chi connectivity index (χ2v) is 6.36. The molecule has 2 aromatic rings. The van der Waals surface area contributed by atoms with Crippen LogP contribution in [0.15, 0.2) is 36.4 Å². The SMILES string of the molecule is CC(C)C(=O)Nc1ccc(C(=O)Nc2cc(F)c(N(C)C)c(F)c2)cc1. The highest BCUT2D eigenvalue weighted by atomic mass is 19.1. The molecule has 2 N–H and O–H groups in total. The first-order valence-corrected chi connectivity index (χ1v) is 8.07. The summed E-state index contributed by atoms with van der Waals surface area (Å²) >= 11 is 0. The number of nitrogens with zero attached hydrogens (tertiary/aromatic N) is 1. The van der Waals surface area contributed by atoms with Crippen molar-refractivity contribution in [1.29, 1.82) is 0 Å². The standard InChI is InChI=1S/C19H21F2N3O2/c1-11(2)18(25)22-13-7-5-12(6-8-13)19(26)23-14-9-15(20)17(24(3)4)16(21)10-14/h5-11H,1-4H3,(H,22,25)(H,23,26). The molecule has 0 aliphatic carbocycles. The summed E-state index contributed by atoms with van der Waals surface area (Å²) in [5.74, 6) is -2.33. The average molecular weight is 361 g/mol. The molecule has 0 saturated carbocycles. The van der Waals surface area contributed by atoms with Gasteiger partial charge >= 0.3 is 0 Å². The zero-order chi connectivity index (χ0) is 19.4. The minimum atomic E-state index is -0.767. The maximum atomic E-state index is 14.0. The molecule has 0 atom stereocenters. The summed E-state index contributed by atoms with van der Waals surface area (Å²) in [6.45, 7) is 3.55. The maximum absolute atomic E-state index is 14.0. The summed E-state index contributed by atoms with van der Waals surface area (Å²) in [5.41, 5.74) is 0.707. The van der Waals surface area contributed by atoms with Gasteiger partial charge in [0.15, 0.2) is 11.6 Å². The van der Waals surface area contributed by atoms with Crippen LogP contribution in [0.4, 0.5) is 25.8 Å². The number of benzene rings is 2. The highest BCUT2D eigenvalue weighted by molar-refractivity contribution is 6.04. The van der Waals surface area contributed by atoms with E-state index in [0.717, 1.165) is 12.1 Å². The number of carbonyl (C=O) groups is 2. The van der Waals surface area contributed by atoms with Gasteiger partial charge in [-0.05, 0) is 36.4 Å². The van der Waals surface area contributed by atoms with Gasteiger partial charge in [0.05, 0.1) is 0 Å². The molecule has 0 bridgehead atoms. The number of halogens is 2. The lowest BCUT2D eigenvalue weighted by Gasteiger charge is -2.16. The van der Waals surface area contributed by atoms with Crippen LogP contribution in [0, 0.1) is 17.6 Å². The Morgan fingerprint density at radius 1 is 0.923 bits per heavy atom. The van der Waals surface area contributed by atoms with Gasteiger partial charge in [0.25, 0.3) is 5.91 Å². The summed E-state index contributed by atoms with van der Waals surface area (Å²) in [5, 5.41) is 5.17. The smallest absolute Gasteiger partial charge is 0.255 e. The Balaban J connectivity index is 2.12. The Bertz CT molecular complexity index is 795. The third kappa shape index (κ3) is 4.56. The highest BCUT2D eigenvalue weighted by Crippen LogP contribution is 2.26. The molecule has 0 saturated heterocycles. The molecule has 0 aliphatic rings. The monoisotopic (exact) mass is 361 g/mol. The third-order valence-electron chi connectivity index (χ3n) is 3.66. The van der Waals surface area contributed by atoms with Crippen LogP contribution in [0.3, 0.4) is 0 Å². The molecule has 0 aromatic heterocycles. The Hall–Kier alpha value is -2.96. The predicted molar refractivity (Wildman–Crippen MR) is 98.5 cm³/mol. The van der Waals surface area contributed by atoms with E-state index in [0.29, 0.717) is 11.3 Å². The molecule has 2 amide bonds. The van der Waals surface area contributed by atoms with Gasteiger partial charge in [0, 0.05) is 37.0 Å². The van der Waals surface area contributed by atoms with Crippen LogP contribution >= 0.6 is 0 Å². The van der Waals surface area contributed by atoms with E-state index in [9.17, 15) is 18.4 Å². The molecule has 0 unspecified atom stereocenters. The molecular formula is C19H21F2N3O2. The van der Waals surface area contributed by atoms with E-state index in [1.807, 2.05) is 0 Å². The first-order chi connectivity index (χ1) is 12.2. The van der Waals surface area contributed by atoms with E-state index in [-0.39, 0.29) is 23.2 Å². The zero-order valence-corrected chi connectivity index (χ0v) is 15.1. The third-order valence-corrected chi connectivity index (χ3v) is 3.66. The first kappa shape index (κ1) is 19.4. The average Bonchev–Trinajstić information content (AvgIpc) is 2.54. The fourth-order valence-corrected chi connectivity index (χ4v) is 2.26. The number of amides is 2. The zero-order valence-electron chi connectivity index (χ0n) is 15.1. The van der Waals surface area contributed by atoms with E-state index in [2.05, 4.69) is 10.6 Å².